The molecule has 2 aromatic carbocycles. The lowest BCUT2D eigenvalue weighted by Crippen LogP contribution is -2.43. The van der Waals surface area contributed by atoms with Crippen molar-refractivity contribution in [1.82, 2.24) is 5.43 Å². The number of nitrogens with zero attached hydrogens (tertiary/aromatic N) is 1. The Labute approximate surface area is 121 Å². The molecule has 0 spiro atoms. The fourth-order valence-corrected chi connectivity index (χ4v) is 1.67. The smallest absolute Gasteiger partial charge is 0.307 e. The highest BCUT2D eigenvalue weighted by Gasteiger charge is 2.08. The first-order valence-electron chi connectivity index (χ1n) is 5.82. The topological polar surface area (TPSA) is 61.4 Å². The molecule has 0 aliphatic heterocycles. The highest BCUT2D eigenvalue weighted by atomic mass is 35.5. The average Bonchev–Trinajstić information content (AvgIpc) is 2.48. The molecule has 5 nitrogen and oxygen atoms in total. The highest BCUT2D eigenvalue weighted by Crippen LogP contribution is 2.13. The minimum absolute atomic E-state index is 0.525. The average molecular weight is 290 g/mol. The molecule has 2 N–H and O–H groups in total. The number of urea groups is 1. The summed E-state index contributed by atoms with van der Waals surface area (Å²) in [7, 11) is 0. The molecular formula is C14H12ClN3O2. The Morgan fingerprint density at radius 2 is 1.70 bits per heavy atom. The molecule has 0 aromatic heterocycles. The van der Waals surface area contributed by atoms with Gasteiger partial charge < -0.3 is 5.32 Å². The van der Waals surface area contributed by atoms with E-state index in [1.165, 1.54) is 0 Å². The molecule has 0 fully saturated rings. The van der Waals surface area contributed by atoms with Crippen LogP contribution in [0.25, 0.3) is 0 Å². The Morgan fingerprint density at radius 1 is 1.05 bits per heavy atom. The minimum atomic E-state index is -0.525. The molecule has 20 heavy (non-hydrogen) atoms. The van der Waals surface area contributed by atoms with Crippen molar-refractivity contribution in [2.45, 2.75) is 0 Å². The normalized spacial score (nSPS) is 9.65. The number of hydrogen-bond acceptors (Lipinski definition) is 2. The largest absolute Gasteiger partial charge is 0.338 e. The Morgan fingerprint density at radius 3 is 2.30 bits per heavy atom. The third kappa shape index (κ3) is 3.73. The van der Waals surface area contributed by atoms with Crippen LogP contribution in [0.15, 0.2) is 54.6 Å². The number of amides is 3. The standard InChI is InChI=1S/C14H12ClN3O2/c15-11-6-8-12(9-7-11)16-14(20)17-18(10-19)13-4-2-1-3-5-13/h1-10H,(H2,16,17,20). The zero-order valence-corrected chi connectivity index (χ0v) is 11.2. The zero-order chi connectivity index (χ0) is 14.4. The van der Waals surface area contributed by atoms with Crippen LogP contribution < -0.4 is 15.8 Å². The van der Waals surface area contributed by atoms with E-state index in [9.17, 15) is 9.59 Å². The molecule has 0 saturated heterocycles. The number of halogens is 1. The molecule has 0 aliphatic carbocycles. The van der Waals surface area contributed by atoms with Crippen LogP contribution in [0, 0.1) is 0 Å². The minimum Gasteiger partial charge on any atom is -0.307 e. The van der Waals surface area contributed by atoms with E-state index in [-0.39, 0.29) is 0 Å². The van der Waals surface area contributed by atoms with Gasteiger partial charge in [-0.25, -0.2) is 15.2 Å². The Kier molecular flexibility index (Phi) is 4.57. The van der Waals surface area contributed by atoms with E-state index in [0.717, 1.165) is 5.01 Å². The quantitative estimate of drug-likeness (QED) is 0.671. The molecule has 0 unspecified atom stereocenters. The first kappa shape index (κ1) is 13.9. The molecule has 2 rings (SSSR count). The van der Waals surface area contributed by atoms with E-state index in [4.69, 9.17) is 11.6 Å². The van der Waals surface area contributed by atoms with Crippen LogP contribution in [0.5, 0.6) is 0 Å². The third-order valence-corrected chi connectivity index (χ3v) is 2.72. The Hall–Kier alpha value is -2.53. The summed E-state index contributed by atoms with van der Waals surface area (Å²) in [5, 5.41) is 4.26. The lowest BCUT2D eigenvalue weighted by atomic mass is 10.3. The fourth-order valence-electron chi connectivity index (χ4n) is 1.54. The maximum absolute atomic E-state index is 11.8. The third-order valence-electron chi connectivity index (χ3n) is 2.46. The molecule has 0 aliphatic rings. The van der Waals surface area contributed by atoms with Gasteiger partial charge in [0, 0.05) is 10.7 Å². The number of anilines is 2. The first-order valence-corrected chi connectivity index (χ1v) is 6.19. The van der Waals surface area contributed by atoms with Crippen molar-refractivity contribution in [3.63, 3.8) is 0 Å². The van der Waals surface area contributed by atoms with Crippen LogP contribution in [0.4, 0.5) is 16.2 Å². The van der Waals surface area contributed by atoms with Crippen molar-refractivity contribution in [2.24, 2.45) is 0 Å². The first-order chi connectivity index (χ1) is 9.69. The molecule has 2 aromatic rings. The predicted octanol–water partition coefficient (Wildman–Crippen LogP) is 3.04. The highest BCUT2D eigenvalue weighted by molar-refractivity contribution is 6.30. The van der Waals surface area contributed by atoms with Gasteiger partial charge in [0.2, 0.25) is 6.41 Å². The van der Waals surface area contributed by atoms with Gasteiger partial charge in [0.25, 0.3) is 0 Å². The molecule has 3 amide bonds. The van der Waals surface area contributed by atoms with Crippen LogP contribution in [0.3, 0.4) is 0 Å². The van der Waals surface area contributed by atoms with Gasteiger partial charge in [-0.2, -0.15) is 0 Å². The molecule has 102 valence electrons. The molecule has 0 radical (unpaired) electrons. The van der Waals surface area contributed by atoms with Gasteiger partial charge in [0.15, 0.2) is 0 Å². The van der Waals surface area contributed by atoms with Crippen LogP contribution >= 0.6 is 11.6 Å². The lowest BCUT2D eigenvalue weighted by molar-refractivity contribution is -0.107. The van der Waals surface area contributed by atoms with E-state index < -0.39 is 6.03 Å². The van der Waals surface area contributed by atoms with Gasteiger partial charge in [-0.1, -0.05) is 29.8 Å². The summed E-state index contributed by atoms with van der Waals surface area (Å²) in [5.41, 5.74) is 3.57. The van der Waals surface area contributed by atoms with E-state index >= 15 is 0 Å². The zero-order valence-electron chi connectivity index (χ0n) is 10.4. The number of hydrazine groups is 1. The second-order valence-electron chi connectivity index (χ2n) is 3.88. The van der Waals surface area contributed by atoms with Gasteiger partial charge in [-0.3, -0.25) is 4.79 Å². The Balaban J connectivity index is 1.99. The molecule has 0 bridgehead atoms. The van der Waals surface area contributed by atoms with Gasteiger partial charge >= 0.3 is 6.03 Å². The van der Waals surface area contributed by atoms with Crippen LogP contribution in [-0.2, 0) is 4.79 Å². The van der Waals surface area contributed by atoms with Crippen molar-refractivity contribution in [3.8, 4) is 0 Å². The second-order valence-corrected chi connectivity index (χ2v) is 4.32. The number of para-hydroxylation sites is 1. The van der Waals surface area contributed by atoms with Crippen LogP contribution in [0.1, 0.15) is 0 Å². The van der Waals surface area contributed by atoms with E-state index in [1.807, 2.05) is 6.07 Å². The summed E-state index contributed by atoms with van der Waals surface area (Å²) in [4.78, 5) is 22.8. The number of carbonyl (C=O) groups excluding carboxylic acids is 2. The van der Waals surface area contributed by atoms with E-state index in [2.05, 4.69) is 10.7 Å². The fraction of sp³-hybridized carbons (Fsp3) is 0. The maximum Gasteiger partial charge on any atom is 0.338 e. The molecule has 0 saturated carbocycles. The molecule has 6 heteroatoms. The van der Waals surface area contributed by atoms with Crippen LogP contribution in [-0.4, -0.2) is 12.4 Å². The van der Waals surface area contributed by atoms with Crippen molar-refractivity contribution in [1.29, 1.82) is 0 Å². The SMILES string of the molecule is O=CN(NC(=O)Nc1ccc(Cl)cc1)c1ccccc1. The number of benzene rings is 2. The number of hydrogen-bond donors (Lipinski definition) is 2. The van der Waals surface area contributed by atoms with Gasteiger partial charge in [0.05, 0.1) is 5.69 Å². The molecular weight excluding hydrogens is 278 g/mol. The molecule has 0 atom stereocenters. The second kappa shape index (κ2) is 6.58. The van der Waals surface area contributed by atoms with Crippen molar-refractivity contribution in [2.75, 3.05) is 10.3 Å². The monoisotopic (exact) mass is 289 g/mol. The van der Waals surface area contributed by atoms with Crippen molar-refractivity contribution >= 4 is 35.4 Å². The van der Waals surface area contributed by atoms with Gasteiger partial charge in [-0.15, -0.1) is 0 Å². The van der Waals surface area contributed by atoms with Crippen LogP contribution in [0.2, 0.25) is 5.02 Å². The maximum atomic E-state index is 11.8. The summed E-state index contributed by atoms with van der Waals surface area (Å²) < 4.78 is 0. The number of nitrogens with one attached hydrogen (secondary N) is 2. The predicted molar refractivity (Wildman–Crippen MR) is 78.6 cm³/mol. The summed E-state index contributed by atoms with van der Waals surface area (Å²) >= 11 is 5.75. The van der Waals surface area contributed by atoms with E-state index in [0.29, 0.717) is 22.8 Å². The number of carbonyl (C=O) groups is 2. The van der Waals surface area contributed by atoms with Crippen molar-refractivity contribution < 1.29 is 9.59 Å². The summed E-state index contributed by atoms with van der Waals surface area (Å²) in [6, 6.07) is 14.9. The summed E-state index contributed by atoms with van der Waals surface area (Å²) in [5.74, 6) is 0. The Bertz CT molecular complexity index is 587. The van der Waals surface area contributed by atoms with Gasteiger partial charge in [-0.05, 0) is 36.4 Å². The summed E-state index contributed by atoms with van der Waals surface area (Å²) in [6.07, 6.45) is 0.525. The lowest BCUT2D eigenvalue weighted by Gasteiger charge is -2.18. The molecule has 0 heterocycles. The van der Waals surface area contributed by atoms with E-state index in [1.54, 1.807) is 48.5 Å². The summed E-state index contributed by atoms with van der Waals surface area (Å²) in [6.45, 7) is 0. The number of rotatable bonds is 4. The van der Waals surface area contributed by atoms with Crippen molar-refractivity contribution in [3.05, 3.63) is 59.6 Å². The van der Waals surface area contributed by atoms with Gasteiger partial charge in [0.1, 0.15) is 0 Å².